The van der Waals surface area contributed by atoms with Crippen molar-refractivity contribution in [3.8, 4) is 0 Å². The number of benzene rings is 1. The van der Waals surface area contributed by atoms with Gasteiger partial charge in [0.2, 0.25) is 0 Å². The predicted octanol–water partition coefficient (Wildman–Crippen LogP) is 1.78. The second-order valence-corrected chi connectivity index (χ2v) is 4.07. The maximum Gasteiger partial charge on any atom is 0.320 e. The fourth-order valence-electron chi connectivity index (χ4n) is 1.64. The molecule has 16 heavy (non-hydrogen) atoms. The minimum atomic E-state index is -1.01. The molecule has 0 bridgehead atoms. The molecule has 0 fully saturated rings. The maximum absolute atomic E-state index is 10.6. The topological polar surface area (TPSA) is 79.1 Å². The highest BCUT2D eigenvalue weighted by atomic mass is 35.5. The van der Waals surface area contributed by atoms with Crippen LogP contribution in [0.25, 0.3) is 10.9 Å². The van der Waals surface area contributed by atoms with E-state index in [1.807, 2.05) is 12.1 Å². The average molecular weight is 239 g/mol. The molecule has 0 aliphatic heterocycles. The minimum absolute atomic E-state index is 0.268. The first-order chi connectivity index (χ1) is 7.58. The zero-order valence-corrected chi connectivity index (χ0v) is 9.16. The predicted molar refractivity (Wildman–Crippen MR) is 62.6 cm³/mol. The number of halogens is 1. The average Bonchev–Trinajstić information content (AvgIpc) is 2.65. The van der Waals surface area contributed by atoms with Gasteiger partial charge in [-0.2, -0.15) is 0 Å². The molecule has 1 aromatic heterocycles. The maximum atomic E-state index is 10.6. The van der Waals surface area contributed by atoms with Crippen molar-refractivity contribution in [3.05, 3.63) is 35.0 Å². The Morgan fingerprint density at radius 1 is 1.56 bits per heavy atom. The Kier molecular flexibility index (Phi) is 2.85. The summed E-state index contributed by atoms with van der Waals surface area (Å²) in [7, 11) is 0. The van der Waals surface area contributed by atoms with Crippen molar-refractivity contribution in [2.24, 2.45) is 5.73 Å². The Balaban J connectivity index is 2.35. The Bertz CT molecular complexity index is 536. The van der Waals surface area contributed by atoms with Gasteiger partial charge in [-0.1, -0.05) is 11.6 Å². The van der Waals surface area contributed by atoms with Crippen LogP contribution in [0, 0.1) is 0 Å². The molecular formula is C11H11ClN2O2. The van der Waals surface area contributed by atoms with Crippen molar-refractivity contribution < 1.29 is 9.90 Å². The fourth-order valence-corrected chi connectivity index (χ4v) is 1.94. The van der Waals surface area contributed by atoms with Crippen LogP contribution in [-0.4, -0.2) is 22.1 Å². The fraction of sp³-hybridized carbons (Fsp3) is 0.182. The second kappa shape index (κ2) is 4.15. The van der Waals surface area contributed by atoms with Crippen LogP contribution in [0.4, 0.5) is 0 Å². The lowest BCUT2D eigenvalue weighted by atomic mass is 10.1. The summed E-state index contributed by atoms with van der Waals surface area (Å²) in [5.74, 6) is -1.01. The van der Waals surface area contributed by atoms with Crippen molar-refractivity contribution in [1.82, 2.24) is 4.98 Å². The molecule has 1 atom stereocenters. The van der Waals surface area contributed by atoms with Crippen LogP contribution in [0.15, 0.2) is 24.4 Å². The summed E-state index contributed by atoms with van der Waals surface area (Å²) < 4.78 is 0. The summed E-state index contributed by atoms with van der Waals surface area (Å²) in [4.78, 5) is 13.7. The number of nitrogens with two attached hydrogens (primary N) is 1. The van der Waals surface area contributed by atoms with Crippen molar-refractivity contribution in [2.75, 3.05) is 0 Å². The Morgan fingerprint density at radius 3 is 3.00 bits per heavy atom. The summed E-state index contributed by atoms with van der Waals surface area (Å²) in [5.41, 5.74) is 7.17. The van der Waals surface area contributed by atoms with E-state index in [9.17, 15) is 4.79 Å². The van der Waals surface area contributed by atoms with E-state index >= 15 is 0 Å². The molecule has 2 rings (SSSR count). The van der Waals surface area contributed by atoms with Gasteiger partial charge in [0, 0.05) is 17.1 Å². The van der Waals surface area contributed by atoms with E-state index in [4.69, 9.17) is 22.4 Å². The Morgan fingerprint density at radius 2 is 2.31 bits per heavy atom. The molecule has 0 saturated carbocycles. The van der Waals surface area contributed by atoms with Crippen LogP contribution >= 0.6 is 11.6 Å². The third kappa shape index (κ3) is 2.03. The van der Waals surface area contributed by atoms with Gasteiger partial charge in [0.25, 0.3) is 0 Å². The van der Waals surface area contributed by atoms with Crippen molar-refractivity contribution >= 4 is 28.5 Å². The zero-order valence-electron chi connectivity index (χ0n) is 8.40. The SMILES string of the molecule is NC(Cc1cc(Cl)c2cc[nH]c2c1)C(=O)O. The van der Waals surface area contributed by atoms with Crippen molar-refractivity contribution in [3.63, 3.8) is 0 Å². The number of nitrogens with one attached hydrogen (secondary N) is 1. The van der Waals surface area contributed by atoms with Gasteiger partial charge >= 0.3 is 5.97 Å². The molecule has 0 aliphatic rings. The van der Waals surface area contributed by atoms with Crippen LogP contribution in [0.3, 0.4) is 0 Å². The number of aliphatic carboxylic acids is 1. The van der Waals surface area contributed by atoms with E-state index in [-0.39, 0.29) is 6.42 Å². The molecule has 0 amide bonds. The van der Waals surface area contributed by atoms with Crippen LogP contribution < -0.4 is 5.73 Å². The van der Waals surface area contributed by atoms with Gasteiger partial charge in [0.1, 0.15) is 6.04 Å². The van der Waals surface area contributed by atoms with E-state index in [0.717, 1.165) is 16.5 Å². The lowest BCUT2D eigenvalue weighted by Gasteiger charge is -2.07. The van der Waals surface area contributed by atoms with E-state index in [0.29, 0.717) is 5.02 Å². The van der Waals surface area contributed by atoms with Gasteiger partial charge in [0.05, 0.1) is 5.02 Å². The number of aromatic nitrogens is 1. The van der Waals surface area contributed by atoms with Gasteiger partial charge in [-0.15, -0.1) is 0 Å². The first-order valence-electron chi connectivity index (χ1n) is 4.82. The Labute approximate surface area is 97.0 Å². The van der Waals surface area contributed by atoms with Gasteiger partial charge < -0.3 is 15.8 Å². The molecule has 1 heterocycles. The van der Waals surface area contributed by atoms with Crippen LogP contribution in [0.5, 0.6) is 0 Å². The molecule has 2 aromatic rings. The number of H-pyrrole nitrogens is 1. The minimum Gasteiger partial charge on any atom is -0.480 e. The number of hydrogen-bond acceptors (Lipinski definition) is 2. The summed E-state index contributed by atoms with van der Waals surface area (Å²) in [6, 6.07) is 4.59. The van der Waals surface area contributed by atoms with Gasteiger partial charge in [0.15, 0.2) is 0 Å². The summed E-state index contributed by atoms with van der Waals surface area (Å²) in [5, 5.41) is 10.2. The molecule has 1 aromatic carbocycles. The molecule has 84 valence electrons. The lowest BCUT2D eigenvalue weighted by Crippen LogP contribution is -2.32. The van der Waals surface area contributed by atoms with E-state index < -0.39 is 12.0 Å². The number of carboxylic acid groups (broad SMARTS) is 1. The molecule has 5 heteroatoms. The smallest absolute Gasteiger partial charge is 0.320 e. The molecule has 0 aliphatic carbocycles. The molecule has 0 saturated heterocycles. The van der Waals surface area contributed by atoms with Crippen LogP contribution in [0.1, 0.15) is 5.56 Å². The van der Waals surface area contributed by atoms with Crippen LogP contribution in [-0.2, 0) is 11.2 Å². The largest absolute Gasteiger partial charge is 0.480 e. The third-order valence-electron chi connectivity index (χ3n) is 2.45. The number of carboxylic acids is 1. The van der Waals surface area contributed by atoms with E-state index in [2.05, 4.69) is 4.98 Å². The number of rotatable bonds is 3. The summed E-state index contributed by atoms with van der Waals surface area (Å²) in [6.07, 6.45) is 2.06. The van der Waals surface area contributed by atoms with Crippen molar-refractivity contribution in [1.29, 1.82) is 0 Å². The first-order valence-corrected chi connectivity index (χ1v) is 5.19. The quantitative estimate of drug-likeness (QED) is 0.763. The highest BCUT2D eigenvalue weighted by molar-refractivity contribution is 6.35. The molecular weight excluding hydrogens is 228 g/mol. The molecule has 4 N–H and O–H groups in total. The summed E-state index contributed by atoms with van der Waals surface area (Å²) in [6.45, 7) is 0. The molecule has 4 nitrogen and oxygen atoms in total. The van der Waals surface area contributed by atoms with E-state index in [1.54, 1.807) is 12.3 Å². The normalized spacial score (nSPS) is 12.9. The zero-order chi connectivity index (χ0) is 11.7. The highest BCUT2D eigenvalue weighted by Crippen LogP contribution is 2.24. The Hall–Kier alpha value is -1.52. The lowest BCUT2D eigenvalue weighted by molar-refractivity contribution is -0.138. The number of carbonyl (C=O) groups is 1. The van der Waals surface area contributed by atoms with Gasteiger partial charge in [-0.25, -0.2) is 0 Å². The number of hydrogen-bond donors (Lipinski definition) is 3. The van der Waals surface area contributed by atoms with Gasteiger partial charge in [-0.3, -0.25) is 4.79 Å². The highest BCUT2D eigenvalue weighted by Gasteiger charge is 2.13. The number of fused-ring (bicyclic) bond motifs is 1. The molecule has 1 unspecified atom stereocenters. The van der Waals surface area contributed by atoms with Gasteiger partial charge in [-0.05, 0) is 30.2 Å². The molecule has 0 spiro atoms. The second-order valence-electron chi connectivity index (χ2n) is 3.67. The third-order valence-corrected chi connectivity index (χ3v) is 2.76. The molecule has 0 radical (unpaired) electrons. The monoisotopic (exact) mass is 238 g/mol. The van der Waals surface area contributed by atoms with Crippen molar-refractivity contribution in [2.45, 2.75) is 12.5 Å². The van der Waals surface area contributed by atoms with E-state index in [1.165, 1.54) is 0 Å². The first kappa shape index (κ1) is 11.0. The number of aromatic amines is 1. The van der Waals surface area contributed by atoms with Crippen LogP contribution in [0.2, 0.25) is 5.02 Å². The standard InChI is InChI=1S/C11H11ClN2O2/c12-8-3-6(4-9(13)11(15)16)5-10-7(8)1-2-14-10/h1-3,5,9,14H,4,13H2,(H,15,16). The summed E-state index contributed by atoms with van der Waals surface area (Å²) >= 11 is 6.06.